The Morgan fingerprint density at radius 2 is 2.21 bits per heavy atom. The Kier molecular flexibility index (Phi) is 6.01. The van der Waals surface area contributed by atoms with Gasteiger partial charge in [0.25, 0.3) is 5.91 Å². The summed E-state index contributed by atoms with van der Waals surface area (Å²) >= 11 is 4.03. The molecule has 0 atom stereocenters. The van der Waals surface area contributed by atoms with E-state index in [1.165, 1.54) is 6.07 Å². The van der Waals surface area contributed by atoms with Gasteiger partial charge in [-0.1, -0.05) is 18.7 Å². The molecule has 0 N–H and O–H groups in total. The van der Waals surface area contributed by atoms with Gasteiger partial charge in [0.05, 0.1) is 5.56 Å². The number of thioether (sulfide) groups is 1. The van der Waals surface area contributed by atoms with Crippen LogP contribution in [0.15, 0.2) is 26.6 Å². The lowest BCUT2D eigenvalue weighted by molar-refractivity contribution is -0.111. The van der Waals surface area contributed by atoms with Gasteiger partial charge < -0.3 is 0 Å². The number of hydrogen-bond acceptors (Lipinski definition) is 3. The van der Waals surface area contributed by atoms with Crippen molar-refractivity contribution in [2.45, 2.75) is 24.7 Å². The van der Waals surface area contributed by atoms with Crippen molar-refractivity contribution in [2.24, 2.45) is 5.11 Å². The fourth-order valence-electron chi connectivity index (χ4n) is 1.24. The van der Waals surface area contributed by atoms with Gasteiger partial charge in [-0.3, -0.25) is 9.59 Å². The zero-order chi connectivity index (χ0) is 14.4. The van der Waals surface area contributed by atoms with Crippen molar-refractivity contribution in [1.82, 2.24) is 0 Å². The zero-order valence-corrected chi connectivity index (χ0v) is 12.3. The van der Waals surface area contributed by atoms with Crippen LogP contribution in [0, 0.1) is 5.82 Å². The lowest BCUT2D eigenvalue weighted by atomic mass is 10.2. The minimum absolute atomic E-state index is 0.0861. The van der Waals surface area contributed by atoms with Gasteiger partial charge >= 0.3 is 0 Å². The van der Waals surface area contributed by atoms with Gasteiger partial charge in [0.2, 0.25) is 0 Å². The van der Waals surface area contributed by atoms with Crippen LogP contribution in [0.4, 0.5) is 4.39 Å². The highest BCUT2D eigenvalue weighted by atomic mass is 79.9. The summed E-state index contributed by atoms with van der Waals surface area (Å²) in [7, 11) is 0. The van der Waals surface area contributed by atoms with Crippen LogP contribution in [0.3, 0.4) is 0 Å². The largest absolute Gasteiger partial charge is 0.287 e. The van der Waals surface area contributed by atoms with Crippen LogP contribution in [-0.2, 0) is 4.79 Å². The molecule has 1 rings (SSSR count). The number of azide groups is 1. The molecular formula is C11H9BrFN3O2S. The molecule has 5 nitrogen and oxygen atoms in total. The van der Waals surface area contributed by atoms with Crippen LogP contribution in [0.25, 0.3) is 10.4 Å². The Hall–Kier alpha value is -1.37. The molecule has 0 saturated carbocycles. The third-order valence-corrected chi connectivity index (χ3v) is 3.97. The standard InChI is InChI=1S/C11H9BrFN3O2S/c1-2-3-10(17)19-9-4-6(11(18)15-16-14)8(13)5-7(9)12/h4-5H,2-3H2,1H3. The average molecular weight is 346 g/mol. The van der Waals surface area contributed by atoms with Crippen molar-refractivity contribution in [2.75, 3.05) is 0 Å². The van der Waals surface area contributed by atoms with Gasteiger partial charge in [0.15, 0.2) is 5.12 Å². The zero-order valence-electron chi connectivity index (χ0n) is 9.89. The summed E-state index contributed by atoms with van der Waals surface area (Å²) in [5.41, 5.74) is 7.82. The quantitative estimate of drug-likeness (QED) is 0.349. The maximum atomic E-state index is 13.6. The topological polar surface area (TPSA) is 82.9 Å². The SMILES string of the molecule is CCCC(=O)Sc1cc(C(=O)N=[N+]=[N-])c(F)cc1Br. The van der Waals surface area contributed by atoms with Crippen molar-refractivity contribution in [3.8, 4) is 0 Å². The number of hydrogen-bond donors (Lipinski definition) is 0. The number of amides is 1. The second-order valence-electron chi connectivity index (χ2n) is 3.48. The van der Waals surface area contributed by atoms with Crippen LogP contribution < -0.4 is 0 Å². The minimum Gasteiger partial charge on any atom is -0.287 e. The summed E-state index contributed by atoms with van der Waals surface area (Å²) < 4.78 is 13.9. The minimum atomic E-state index is -1.02. The molecule has 0 aliphatic rings. The fourth-order valence-corrected chi connectivity index (χ4v) is 2.69. The van der Waals surface area contributed by atoms with E-state index in [9.17, 15) is 14.0 Å². The van der Waals surface area contributed by atoms with Gasteiger partial charge in [-0.2, -0.15) is 0 Å². The van der Waals surface area contributed by atoms with E-state index in [1.54, 1.807) is 0 Å². The molecule has 1 aromatic rings. The van der Waals surface area contributed by atoms with Gasteiger partial charge in [-0.05, 0) is 45.1 Å². The van der Waals surface area contributed by atoms with Crippen molar-refractivity contribution < 1.29 is 14.0 Å². The summed E-state index contributed by atoms with van der Waals surface area (Å²) in [5, 5.41) is 2.75. The lowest BCUT2D eigenvalue weighted by Gasteiger charge is -2.06. The summed E-state index contributed by atoms with van der Waals surface area (Å²) in [5.74, 6) is -1.83. The maximum absolute atomic E-state index is 13.6. The van der Waals surface area contributed by atoms with Gasteiger partial charge in [-0.15, -0.1) is 0 Å². The number of nitrogens with zero attached hydrogens (tertiary/aromatic N) is 3. The van der Waals surface area contributed by atoms with E-state index < -0.39 is 11.7 Å². The number of carbonyl (C=O) groups is 2. The summed E-state index contributed by atoms with van der Waals surface area (Å²) in [6, 6.07) is 2.27. The third kappa shape index (κ3) is 4.34. The van der Waals surface area contributed by atoms with E-state index in [0.717, 1.165) is 17.8 Å². The highest BCUT2D eigenvalue weighted by Crippen LogP contribution is 2.31. The Morgan fingerprint density at radius 1 is 1.53 bits per heavy atom. The van der Waals surface area contributed by atoms with Crippen LogP contribution in [-0.4, -0.2) is 11.0 Å². The molecule has 0 unspecified atom stereocenters. The number of carbonyl (C=O) groups excluding carboxylic acids is 2. The molecule has 0 spiro atoms. The summed E-state index contributed by atoms with van der Waals surface area (Å²) in [6.07, 6.45) is 1.09. The molecule has 0 aliphatic carbocycles. The van der Waals surface area contributed by atoms with Crippen molar-refractivity contribution >= 4 is 38.7 Å². The highest BCUT2D eigenvalue weighted by Gasteiger charge is 2.16. The highest BCUT2D eigenvalue weighted by molar-refractivity contribution is 9.10. The molecule has 19 heavy (non-hydrogen) atoms. The monoisotopic (exact) mass is 345 g/mol. The molecule has 0 radical (unpaired) electrons. The van der Waals surface area contributed by atoms with Crippen LogP contribution in [0.5, 0.6) is 0 Å². The molecule has 0 fully saturated rings. The molecule has 0 heterocycles. The average Bonchev–Trinajstić information content (AvgIpc) is 2.33. The maximum Gasteiger partial charge on any atom is 0.252 e. The first-order chi connectivity index (χ1) is 8.99. The second kappa shape index (κ2) is 7.28. The van der Waals surface area contributed by atoms with Gasteiger partial charge in [-0.25, -0.2) is 4.39 Å². The lowest BCUT2D eigenvalue weighted by Crippen LogP contribution is -2.00. The molecule has 0 aliphatic heterocycles. The first-order valence-corrected chi connectivity index (χ1v) is 6.89. The predicted molar refractivity (Wildman–Crippen MR) is 73.3 cm³/mol. The van der Waals surface area contributed by atoms with E-state index in [4.69, 9.17) is 5.53 Å². The molecule has 8 heteroatoms. The van der Waals surface area contributed by atoms with Crippen LogP contribution >= 0.6 is 27.7 Å². The number of benzene rings is 1. The van der Waals surface area contributed by atoms with Crippen LogP contribution in [0.1, 0.15) is 30.1 Å². The van der Waals surface area contributed by atoms with E-state index in [0.29, 0.717) is 22.2 Å². The van der Waals surface area contributed by atoms with Gasteiger partial charge in [0, 0.05) is 20.7 Å². The van der Waals surface area contributed by atoms with Gasteiger partial charge in [0.1, 0.15) is 5.82 Å². The van der Waals surface area contributed by atoms with Crippen molar-refractivity contribution in [3.63, 3.8) is 0 Å². The van der Waals surface area contributed by atoms with E-state index in [2.05, 4.69) is 26.0 Å². The summed E-state index contributed by atoms with van der Waals surface area (Å²) in [4.78, 5) is 25.6. The Bertz CT molecular complexity index is 573. The Morgan fingerprint density at radius 3 is 2.79 bits per heavy atom. The van der Waals surface area contributed by atoms with E-state index >= 15 is 0 Å². The Labute approximate surface area is 121 Å². The molecule has 0 saturated heterocycles. The molecule has 0 aromatic heterocycles. The summed E-state index contributed by atoms with van der Waals surface area (Å²) in [6.45, 7) is 1.87. The molecular weight excluding hydrogens is 337 g/mol. The molecule has 100 valence electrons. The van der Waals surface area contributed by atoms with Crippen molar-refractivity contribution in [3.05, 3.63) is 38.4 Å². The fraction of sp³-hybridized carbons (Fsp3) is 0.273. The first-order valence-electron chi connectivity index (χ1n) is 5.28. The third-order valence-electron chi connectivity index (χ3n) is 2.07. The normalized spacial score (nSPS) is 9.84. The molecule has 0 bridgehead atoms. The number of rotatable bonds is 4. The predicted octanol–water partition coefficient (Wildman–Crippen LogP) is 4.46. The first kappa shape index (κ1) is 15.7. The van der Waals surface area contributed by atoms with Crippen molar-refractivity contribution in [1.29, 1.82) is 0 Å². The molecule has 1 aromatic carbocycles. The molecule has 1 amide bonds. The van der Waals surface area contributed by atoms with Crippen LogP contribution in [0.2, 0.25) is 0 Å². The Balaban J connectivity index is 3.12. The smallest absolute Gasteiger partial charge is 0.252 e. The van der Waals surface area contributed by atoms with E-state index in [-0.39, 0.29) is 10.7 Å². The second-order valence-corrected chi connectivity index (χ2v) is 5.43. The van der Waals surface area contributed by atoms with E-state index in [1.807, 2.05) is 6.92 Å². The number of halogens is 2.